The summed E-state index contributed by atoms with van der Waals surface area (Å²) in [4.78, 5) is 25.5. The molecule has 20 heavy (non-hydrogen) atoms. The van der Waals surface area contributed by atoms with Crippen molar-refractivity contribution in [3.05, 3.63) is 0 Å². The molecule has 1 aliphatic carbocycles. The van der Waals surface area contributed by atoms with Crippen molar-refractivity contribution in [2.24, 2.45) is 11.8 Å². The number of amides is 1. The summed E-state index contributed by atoms with van der Waals surface area (Å²) in [6, 6.07) is 0. The zero-order chi connectivity index (χ0) is 14.5. The van der Waals surface area contributed by atoms with Gasteiger partial charge in [0.15, 0.2) is 0 Å². The molecule has 1 saturated heterocycles. The molecule has 5 nitrogen and oxygen atoms in total. The van der Waals surface area contributed by atoms with Crippen LogP contribution in [0.25, 0.3) is 0 Å². The normalized spacial score (nSPS) is 28.4. The second-order valence-electron chi connectivity index (χ2n) is 5.88. The van der Waals surface area contributed by atoms with Crippen LogP contribution in [0, 0.1) is 11.8 Å². The van der Waals surface area contributed by atoms with Crippen molar-refractivity contribution in [3.8, 4) is 0 Å². The molecule has 1 N–H and O–H groups in total. The van der Waals surface area contributed by atoms with Gasteiger partial charge in [0.1, 0.15) is 0 Å². The maximum Gasteiger partial charge on any atom is 0.306 e. The number of carboxylic acid groups (broad SMARTS) is 1. The minimum absolute atomic E-state index is 0.0894. The van der Waals surface area contributed by atoms with E-state index in [1.807, 2.05) is 11.8 Å². The lowest BCUT2D eigenvalue weighted by atomic mass is 9.80. The number of carbonyl (C=O) groups is 2. The van der Waals surface area contributed by atoms with Gasteiger partial charge in [0.2, 0.25) is 5.91 Å². The smallest absolute Gasteiger partial charge is 0.306 e. The second-order valence-corrected chi connectivity index (χ2v) is 5.88. The molecule has 0 bridgehead atoms. The van der Waals surface area contributed by atoms with Gasteiger partial charge in [0.25, 0.3) is 0 Å². The molecule has 1 heterocycles. The summed E-state index contributed by atoms with van der Waals surface area (Å²) in [5.41, 5.74) is 0. The third kappa shape index (κ3) is 3.72. The Labute approximate surface area is 120 Å². The van der Waals surface area contributed by atoms with E-state index in [0.717, 1.165) is 45.4 Å². The second kappa shape index (κ2) is 7.07. The quantitative estimate of drug-likeness (QED) is 0.855. The number of rotatable bonds is 4. The fraction of sp³-hybridized carbons (Fsp3) is 0.867. The van der Waals surface area contributed by atoms with E-state index in [9.17, 15) is 9.59 Å². The first-order valence-electron chi connectivity index (χ1n) is 7.75. The van der Waals surface area contributed by atoms with Crippen molar-refractivity contribution < 1.29 is 19.4 Å². The Morgan fingerprint density at radius 2 is 1.80 bits per heavy atom. The van der Waals surface area contributed by atoms with E-state index in [0.29, 0.717) is 12.8 Å². The van der Waals surface area contributed by atoms with E-state index in [2.05, 4.69) is 0 Å². The van der Waals surface area contributed by atoms with Crippen LogP contribution in [0.1, 0.15) is 45.4 Å². The number of carboxylic acids is 1. The summed E-state index contributed by atoms with van der Waals surface area (Å²) in [5.74, 6) is -1.02. The highest BCUT2D eigenvalue weighted by Gasteiger charge is 2.34. The molecule has 2 rings (SSSR count). The van der Waals surface area contributed by atoms with Crippen molar-refractivity contribution in [2.75, 3.05) is 19.7 Å². The van der Waals surface area contributed by atoms with Crippen molar-refractivity contribution in [3.63, 3.8) is 0 Å². The van der Waals surface area contributed by atoms with Crippen LogP contribution in [0.3, 0.4) is 0 Å². The Hall–Kier alpha value is -1.10. The fourth-order valence-corrected chi connectivity index (χ4v) is 3.38. The molecule has 1 saturated carbocycles. The molecule has 0 aromatic heterocycles. The number of carbonyl (C=O) groups excluding carboxylic acids is 1. The Morgan fingerprint density at radius 1 is 1.15 bits per heavy atom. The maximum absolute atomic E-state index is 12.5. The van der Waals surface area contributed by atoms with Crippen molar-refractivity contribution >= 4 is 11.9 Å². The minimum Gasteiger partial charge on any atom is -0.481 e. The van der Waals surface area contributed by atoms with Crippen LogP contribution in [0.15, 0.2) is 0 Å². The number of hydrogen-bond acceptors (Lipinski definition) is 3. The zero-order valence-electron chi connectivity index (χ0n) is 12.2. The summed E-state index contributed by atoms with van der Waals surface area (Å²) in [5, 5.41) is 9.10. The Bertz CT molecular complexity index is 350. The van der Waals surface area contributed by atoms with Crippen LogP contribution in [0.2, 0.25) is 0 Å². The van der Waals surface area contributed by atoms with Crippen LogP contribution in [0.5, 0.6) is 0 Å². The van der Waals surface area contributed by atoms with Crippen LogP contribution in [-0.4, -0.2) is 47.7 Å². The largest absolute Gasteiger partial charge is 0.481 e. The Morgan fingerprint density at radius 3 is 2.40 bits per heavy atom. The lowest BCUT2D eigenvalue weighted by molar-refractivity contribution is -0.146. The lowest BCUT2D eigenvalue weighted by Crippen LogP contribution is -2.45. The van der Waals surface area contributed by atoms with Crippen molar-refractivity contribution in [1.29, 1.82) is 0 Å². The molecular formula is C15H25NO4. The predicted molar refractivity (Wildman–Crippen MR) is 74.3 cm³/mol. The average Bonchev–Trinajstić information content (AvgIpc) is 2.48. The van der Waals surface area contributed by atoms with Gasteiger partial charge >= 0.3 is 5.97 Å². The highest BCUT2D eigenvalue weighted by Crippen LogP contribution is 2.31. The van der Waals surface area contributed by atoms with Crippen LogP contribution < -0.4 is 0 Å². The van der Waals surface area contributed by atoms with E-state index in [1.165, 1.54) is 0 Å². The Kier molecular flexibility index (Phi) is 5.40. The van der Waals surface area contributed by atoms with E-state index >= 15 is 0 Å². The van der Waals surface area contributed by atoms with Crippen molar-refractivity contribution in [1.82, 2.24) is 4.90 Å². The van der Waals surface area contributed by atoms with Gasteiger partial charge in [-0.2, -0.15) is 0 Å². The van der Waals surface area contributed by atoms with Gasteiger partial charge in [-0.1, -0.05) is 6.42 Å². The summed E-state index contributed by atoms with van der Waals surface area (Å²) in [6.07, 6.45) is 4.99. The molecule has 2 fully saturated rings. The topological polar surface area (TPSA) is 66.8 Å². The summed E-state index contributed by atoms with van der Waals surface area (Å²) in [7, 11) is 0. The fourth-order valence-electron chi connectivity index (χ4n) is 3.38. The highest BCUT2D eigenvalue weighted by atomic mass is 16.5. The number of piperidine rings is 1. The van der Waals surface area contributed by atoms with Gasteiger partial charge in [0, 0.05) is 25.6 Å². The number of aliphatic carboxylic acids is 1. The number of likely N-dealkylation sites (tertiary alicyclic amines) is 1. The predicted octanol–water partition coefficient (Wildman–Crippen LogP) is 1.90. The minimum atomic E-state index is -0.752. The standard InChI is InChI=1S/C15H25NO4/c1-2-20-13-6-8-16(9-7-13)14(17)11-4-3-5-12(10-11)15(18)19/h11-13H,2-10H2,1H3,(H,18,19). The molecule has 2 unspecified atom stereocenters. The van der Waals surface area contributed by atoms with Gasteiger partial charge in [-0.15, -0.1) is 0 Å². The van der Waals surface area contributed by atoms with Crippen LogP contribution >= 0.6 is 0 Å². The summed E-state index contributed by atoms with van der Waals surface area (Å²) in [6.45, 7) is 4.21. The molecule has 0 radical (unpaired) electrons. The molecule has 5 heteroatoms. The molecule has 1 amide bonds. The number of nitrogens with zero attached hydrogens (tertiary/aromatic N) is 1. The van der Waals surface area contributed by atoms with Gasteiger partial charge in [-0.25, -0.2) is 0 Å². The van der Waals surface area contributed by atoms with E-state index in [-0.39, 0.29) is 23.8 Å². The van der Waals surface area contributed by atoms with E-state index < -0.39 is 5.97 Å². The lowest BCUT2D eigenvalue weighted by Gasteiger charge is -2.35. The highest BCUT2D eigenvalue weighted by molar-refractivity contribution is 5.80. The first-order valence-corrected chi connectivity index (χ1v) is 7.75. The van der Waals surface area contributed by atoms with Gasteiger partial charge in [-0.05, 0) is 39.0 Å². The van der Waals surface area contributed by atoms with Gasteiger partial charge in [-0.3, -0.25) is 9.59 Å². The monoisotopic (exact) mass is 283 g/mol. The Balaban J connectivity index is 1.84. The van der Waals surface area contributed by atoms with Gasteiger partial charge in [0.05, 0.1) is 12.0 Å². The molecule has 0 spiro atoms. The number of hydrogen-bond donors (Lipinski definition) is 1. The molecule has 2 atom stereocenters. The van der Waals surface area contributed by atoms with E-state index in [1.54, 1.807) is 0 Å². The molecular weight excluding hydrogens is 258 g/mol. The molecule has 114 valence electrons. The van der Waals surface area contributed by atoms with E-state index in [4.69, 9.17) is 9.84 Å². The van der Waals surface area contributed by atoms with Gasteiger partial charge < -0.3 is 14.7 Å². The first-order chi connectivity index (χ1) is 9.61. The summed E-state index contributed by atoms with van der Waals surface area (Å²) < 4.78 is 5.59. The SMILES string of the molecule is CCOC1CCN(C(=O)C2CCCC(C(=O)O)C2)CC1. The van der Waals surface area contributed by atoms with Crippen molar-refractivity contribution in [2.45, 2.75) is 51.6 Å². The number of ether oxygens (including phenoxy) is 1. The molecule has 2 aliphatic rings. The summed E-state index contributed by atoms with van der Waals surface area (Å²) >= 11 is 0. The molecule has 0 aromatic rings. The average molecular weight is 283 g/mol. The maximum atomic E-state index is 12.5. The third-order valence-electron chi connectivity index (χ3n) is 4.53. The first kappa shape index (κ1) is 15.3. The third-order valence-corrected chi connectivity index (χ3v) is 4.53. The van der Waals surface area contributed by atoms with Crippen LogP contribution in [-0.2, 0) is 14.3 Å². The van der Waals surface area contributed by atoms with Crippen LogP contribution in [0.4, 0.5) is 0 Å². The molecule has 1 aliphatic heterocycles. The zero-order valence-corrected chi connectivity index (χ0v) is 12.2. The molecule has 0 aromatic carbocycles.